The molecule has 0 aliphatic carbocycles. The van der Waals surface area contributed by atoms with Crippen LogP contribution in [0.15, 0.2) is 16.6 Å². The van der Waals surface area contributed by atoms with Crippen molar-refractivity contribution in [3.8, 4) is 5.75 Å². The van der Waals surface area contributed by atoms with Crippen LogP contribution in [0.5, 0.6) is 5.75 Å². The fourth-order valence-electron chi connectivity index (χ4n) is 0.938. The summed E-state index contributed by atoms with van der Waals surface area (Å²) < 4.78 is 18.5. The molecular weight excluding hydrogens is 279 g/mol. The lowest BCUT2D eigenvalue weighted by molar-refractivity contribution is -0.130. The van der Waals surface area contributed by atoms with Crippen LogP contribution in [0.4, 0.5) is 10.1 Å². The van der Waals surface area contributed by atoms with Crippen molar-refractivity contribution in [1.82, 2.24) is 4.90 Å². The molecular formula is C10H12BrFN2O2. The maximum absolute atomic E-state index is 13.2. The number of amides is 1. The minimum absolute atomic E-state index is 0.163. The van der Waals surface area contributed by atoms with Crippen LogP contribution in [0.1, 0.15) is 0 Å². The topological polar surface area (TPSA) is 55.6 Å². The van der Waals surface area contributed by atoms with Crippen molar-refractivity contribution < 1.29 is 13.9 Å². The van der Waals surface area contributed by atoms with Crippen molar-refractivity contribution in [1.29, 1.82) is 0 Å². The third-order valence-electron chi connectivity index (χ3n) is 1.90. The van der Waals surface area contributed by atoms with E-state index in [9.17, 15) is 9.18 Å². The van der Waals surface area contributed by atoms with Crippen molar-refractivity contribution in [3.63, 3.8) is 0 Å². The van der Waals surface area contributed by atoms with E-state index >= 15 is 0 Å². The van der Waals surface area contributed by atoms with Gasteiger partial charge in [0.1, 0.15) is 11.6 Å². The number of nitrogen functional groups attached to an aromatic ring is 1. The second-order valence-electron chi connectivity index (χ2n) is 3.38. The molecule has 0 bridgehead atoms. The van der Waals surface area contributed by atoms with Crippen LogP contribution in [0, 0.1) is 5.82 Å². The molecule has 0 unspecified atom stereocenters. The summed E-state index contributed by atoms with van der Waals surface area (Å²) in [7, 11) is 3.22. The van der Waals surface area contributed by atoms with Crippen LogP contribution in [0.25, 0.3) is 0 Å². The number of halogens is 2. The number of hydrogen-bond donors (Lipinski definition) is 1. The molecule has 0 aromatic heterocycles. The van der Waals surface area contributed by atoms with E-state index in [4.69, 9.17) is 10.5 Å². The average molecular weight is 291 g/mol. The fraction of sp³-hybridized carbons (Fsp3) is 0.300. The zero-order chi connectivity index (χ0) is 12.3. The molecule has 0 spiro atoms. The van der Waals surface area contributed by atoms with Crippen molar-refractivity contribution >= 4 is 27.5 Å². The van der Waals surface area contributed by atoms with Gasteiger partial charge in [0, 0.05) is 20.2 Å². The van der Waals surface area contributed by atoms with Gasteiger partial charge >= 0.3 is 0 Å². The number of likely N-dealkylation sites (N-methyl/N-ethyl adjacent to an activating group) is 1. The molecule has 1 rings (SSSR count). The zero-order valence-electron chi connectivity index (χ0n) is 8.96. The summed E-state index contributed by atoms with van der Waals surface area (Å²) in [6.45, 7) is -0.168. The Bertz CT molecular complexity index is 410. The van der Waals surface area contributed by atoms with E-state index in [0.29, 0.717) is 0 Å². The van der Waals surface area contributed by atoms with Crippen molar-refractivity contribution in [2.45, 2.75) is 0 Å². The van der Waals surface area contributed by atoms with Gasteiger partial charge in [0.25, 0.3) is 5.91 Å². The predicted octanol–water partition coefficient (Wildman–Crippen LogP) is 1.64. The molecule has 16 heavy (non-hydrogen) atoms. The van der Waals surface area contributed by atoms with Gasteiger partial charge in [-0.05, 0) is 22.0 Å². The number of anilines is 1. The Morgan fingerprint density at radius 2 is 2.19 bits per heavy atom. The summed E-state index contributed by atoms with van der Waals surface area (Å²) in [5.74, 6) is -0.542. The maximum atomic E-state index is 13.2. The normalized spacial score (nSPS) is 10.0. The van der Waals surface area contributed by atoms with E-state index < -0.39 is 5.82 Å². The van der Waals surface area contributed by atoms with E-state index in [2.05, 4.69) is 15.9 Å². The first-order chi connectivity index (χ1) is 7.41. The summed E-state index contributed by atoms with van der Waals surface area (Å²) in [6, 6.07) is 2.53. The Morgan fingerprint density at radius 3 is 2.75 bits per heavy atom. The maximum Gasteiger partial charge on any atom is 0.259 e. The minimum atomic E-state index is -0.485. The molecule has 0 heterocycles. The lowest BCUT2D eigenvalue weighted by atomic mass is 10.3. The molecule has 4 nitrogen and oxygen atoms in total. The number of hydrogen-bond acceptors (Lipinski definition) is 3. The van der Waals surface area contributed by atoms with Crippen LogP contribution in [0.3, 0.4) is 0 Å². The number of rotatable bonds is 3. The second kappa shape index (κ2) is 5.16. The Balaban J connectivity index is 2.75. The SMILES string of the molecule is CN(C)C(=O)COc1cc(F)c(Br)cc1N. The Hall–Kier alpha value is -1.30. The van der Waals surface area contributed by atoms with Gasteiger partial charge in [-0.3, -0.25) is 4.79 Å². The Morgan fingerprint density at radius 1 is 1.56 bits per heavy atom. The molecule has 1 aromatic rings. The van der Waals surface area contributed by atoms with E-state index in [-0.39, 0.29) is 28.4 Å². The van der Waals surface area contributed by atoms with E-state index in [1.807, 2.05) is 0 Å². The quantitative estimate of drug-likeness (QED) is 0.861. The molecule has 0 aliphatic rings. The lowest BCUT2D eigenvalue weighted by Gasteiger charge is -2.12. The molecule has 1 aromatic carbocycles. The summed E-state index contributed by atoms with van der Waals surface area (Å²) in [5, 5.41) is 0. The summed E-state index contributed by atoms with van der Waals surface area (Å²) in [5.41, 5.74) is 5.88. The predicted molar refractivity (Wildman–Crippen MR) is 62.7 cm³/mol. The first-order valence-corrected chi connectivity index (χ1v) is 5.28. The van der Waals surface area contributed by atoms with Crippen LogP contribution in [-0.2, 0) is 4.79 Å². The molecule has 1 amide bonds. The summed E-state index contributed by atoms with van der Waals surface area (Å²) in [4.78, 5) is 12.6. The van der Waals surface area contributed by atoms with Crippen LogP contribution in [-0.4, -0.2) is 31.5 Å². The molecule has 0 saturated heterocycles. The van der Waals surface area contributed by atoms with Crippen LogP contribution < -0.4 is 10.5 Å². The Kier molecular flexibility index (Phi) is 4.12. The third kappa shape index (κ3) is 3.10. The van der Waals surface area contributed by atoms with Gasteiger partial charge in [0.05, 0.1) is 10.2 Å². The van der Waals surface area contributed by atoms with Crippen molar-refractivity contribution in [2.75, 3.05) is 26.4 Å². The highest BCUT2D eigenvalue weighted by molar-refractivity contribution is 9.10. The number of nitrogens with zero attached hydrogens (tertiary/aromatic N) is 1. The van der Waals surface area contributed by atoms with Gasteiger partial charge in [-0.15, -0.1) is 0 Å². The molecule has 0 aliphatic heterocycles. The average Bonchev–Trinajstić information content (AvgIpc) is 2.20. The lowest BCUT2D eigenvalue weighted by Crippen LogP contribution is -2.27. The number of benzene rings is 1. The van der Waals surface area contributed by atoms with Gasteiger partial charge < -0.3 is 15.4 Å². The second-order valence-corrected chi connectivity index (χ2v) is 4.24. The van der Waals surface area contributed by atoms with Crippen LogP contribution in [0.2, 0.25) is 0 Å². The van der Waals surface area contributed by atoms with Gasteiger partial charge in [-0.1, -0.05) is 0 Å². The van der Waals surface area contributed by atoms with Gasteiger partial charge in [-0.25, -0.2) is 4.39 Å². The number of carbonyl (C=O) groups is 1. The molecule has 0 fully saturated rings. The van der Waals surface area contributed by atoms with Gasteiger partial charge in [-0.2, -0.15) is 0 Å². The molecule has 2 N–H and O–H groups in total. The molecule has 88 valence electrons. The molecule has 0 radical (unpaired) electrons. The molecule has 0 atom stereocenters. The molecule has 6 heteroatoms. The molecule has 0 saturated carbocycles. The van der Waals surface area contributed by atoms with Crippen LogP contribution >= 0.6 is 15.9 Å². The smallest absolute Gasteiger partial charge is 0.259 e. The highest BCUT2D eigenvalue weighted by atomic mass is 79.9. The first-order valence-electron chi connectivity index (χ1n) is 4.49. The first kappa shape index (κ1) is 12.8. The summed E-state index contributed by atoms with van der Waals surface area (Å²) >= 11 is 3.00. The monoisotopic (exact) mass is 290 g/mol. The van der Waals surface area contributed by atoms with Crippen molar-refractivity contribution in [2.24, 2.45) is 0 Å². The van der Waals surface area contributed by atoms with E-state index in [0.717, 1.165) is 6.07 Å². The van der Waals surface area contributed by atoms with Gasteiger partial charge in [0.15, 0.2) is 6.61 Å². The standard InChI is InChI=1S/C10H12BrFN2O2/c1-14(2)10(15)5-16-9-4-7(12)6(11)3-8(9)13/h3-4H,5,13H2,1-2H3. The number of nitrogens with two attached hydrogens (primary N) is 1. The summed E-state index contributed by atoms with van der Waals surface area (Å²) in [6.07, 6.45) is 0. The van der Waals surface area contributed by atoms with E-state index in [1.54, 1.807) is 14.1 Å². The third-order valence-corrected chi connectivity index (χ3v) is 2.51. The highest BCUT2D eigenvalue weighted by Gasteiger charge is 2.10. The van der Waals surface area contributed by atoms with Crippen molar-refractivity contribution in [3.05, 3.63) is 22.4 Å². The number of carbonyl (C=O) groups excluding carboxylic acids is 1. The largest absolute Gasteiger partial charge is 0.482 e. The highest BCUT2D eigenvalue weighted by Crippen LogP contribution is 2.28. The van der Waals surface area contributed by atoms with Gasteiger partial charge in [0.2, 0.25) is 0 Å². The number of ether oxygens (including phenoxy) is 1. The fourth-order valence-corrected chi connectivity index (χ4v) is 1.30. The zero-order valence-corrected chi connectivity index (χ0v) is 10.5. The van der Waals surface area contributed by atoms with E-state index in [1.165, 1.54) is 11.0 Å². The Labute approximate surface area is 101 Å². The minimum Gasteiger partial charge on any atom is -0.482 e.